The van der Waals surface area contributed by atoms with Crippen molar-refractivity contribution >= 4 is 17.5 Å². The van der Waals surface area contributed by atoms with E-state index in [4.69, 9.17) is 0 Å². The monoisotopic (exact) mass is 427 g/mol. The van der Waals surface area contributed by atoms with Gasteiger partial charge in [-0.2, -0.15) is 0 Å². The zero-order valence-electron chi connectivity index (χ0n) is 18.0. The summed E-state index contributed by atoms with van der Waals surface area (Å²) < 4.78 is 15.4. The van der Waals surface area contributed by atoms with Crippen LogP contribution in [0.25, 0.3) is 5.69 Å². The molecule has 0 saturated carbocycles. The molecule has 0 aliphatic carbocycles. The van der Waals surface area contributed by atoms with E-state index in [0.717, 1.165) is 17.9 Å². The average molecular weight is 428 g/mol. The van der Waals surface area contributed by atoms with Crippen LogP contribution < -0.4 is 4.90 Å². The van der Waals surface area contributed by atoms with E-state index in [2.05, 4.69) is 24.0 Å². The molecule has 0 spiro atoms. The number of quaternary nitrogens is 1. The molecule has 1 heterocycles. The van der Waals surface area contributed by atoms with Gasteiger partial charge in [-0.05, 0) is 50.1 Å². The maximum absolute atomic E-state index is 13.5. The summed E-state index contributed by atoms with van der Waals surface area (Å²) in [4.78, 5) is 14.2. The Hall–Kier alpha value is -2.51. The molecular weight excluding hydrogens is 399 g/mol. The van der Waals surface area contributed by atoms with Gasteiger partial charge in [0.05, 0.1) is 19.3 Å². The number of halogens is 1. The number of aromatic nitrogens is 3. The Morgan fingerprint density at radius 3 is 2.27 bits per heavy atom. The molecule has 2 atom stereocenters. The van der Waals surface area contributed by atoms with Crippen LogP contribution in [0, 0.1) is 5.82 Å². The highest BCUT2D eigenvalue weighted by atomic mass is 32.2. The summed E-state index contributed by atoms with van der Waals surface area (Å²) in [5.74, 6) is 0.521. The predicted molar refractivity (Wildman–Crippen MR) is 118 cm³/mol. The smallest absolute Gasteiger partial charge is 0.196 e. The first-order valence-corrected chi connectivity index (χ1v) is 11.0. The second-order valence-electron chi connectivity index (χ2n) is 7.63. The first-order valence-electron chi connectivity index (χ1n) is 10.1. The van der Waals surface area contributed by atoms with Crippen molar-refractivity contribution in [2.75, 3.05) is 14.1 Å². The van der Waals surface area contributed by atoms with Gasteiger partial charge in [0, 0.05) is 11.3 Å². The van der Waals surface area contributed by atoms with Gasteiger partial charge < -0.3 is 4.90 Å². The van der Waals surface area contributed by atoms with Crippen LogP contribution in [0.1, 0.15) is 48.6 Å². The average Bonchev–Trinajstić information content (AvgIpc) is 3.16. The van der Waals surface area contributed by atoms with Crippen LogP contribution in [0.5, 0.6) is 0 Å². The Bertz CT molecular complexity index is 999. The molecular formula is C23H28FN4OS+. The number of hydrogen-bond acceptors (Lipinski definition) is 4. The molecule has 3 aromatic rings. The lowest BCUT2D eigenvalue weighted by Gasteiger charge is -2.18. The van der Waals surface area contributed by atoms with Crippen molar-refractivity contribution in [2.45, 2.75) is 43.6 Å². The summed E-state index contributed by atoms with van der Waals surface area (Å²) in [6, 6.07) is 14.1. The highest BCUT2D eigenvalue weighted by Crippen LogP contribution is 2.29. The SMILES string of the molecule is CCc1ccc(C(=O)[C@@H](C)Sc2nnc([C@@H](C)[NH+](C)C)n2-c2ccc(F)cc2)cc1. The van der Waals surface area contributed by atoms with Gasteiger partial charge >= 0.3 is 0 Å². The molecule has 0 radical (unpaired) electrons. The molecule has 2 aromatic carbocycles. The van der Waals surface area contributed by atoms with Crippen LogP contribution in [0.15, 0.2) is 53.7 Å². The fourth-order valence-electron chi connectivity index (χ4n) is 3.08. The lowest BCUT2D eigenvalue weighted by molar-refractivity contribution is -0.890. The van der Waals surface area contributed by atoms with Crippen molar-refractivity contribution < 1.29 is 14.1 Å². The highest BCUT2D eigenvalue weighted by molar-refractivity contribution is 8.00. The number of nitrogens with zero attached hydrogens (tertiary/aromatic N) is 3. The van der Waals surface area contributed by atoms with E-state index < -0.39 is 0 Å². The van der Waals surface area contributed by atoms with E-state index in [1.165, 1.54) is 34.4 Å². The third-order valence-electron chi connectivity index (χ3n) is 5.29. The molecule has 0 saturated heterocycles. The van der Waals surface area contributed by atoms with E-state index in [0.29, 0.717) is 10.7 Å². The summed E-state index contributed by atoms with van der Waals surface area (Å²) in [6.07, 6.45) is 0.939. The third-order valence-corrected chi connectivity index (χ3v) is 6.34. The summed E-state index contributed by atoms with van der Waals surface area (Å²) >= 11 is 1.37. The number of nitrogens with one attached hydrogen (secondary N) is 1. The van der Waals surface area contributed by atoms with Crippen LogP contribution in [0.4, 0.5) is 4.39 Å². The van der Waals surface area contributed by atoms with Crippen molar-refractivity contribution in [1.82, 2.24) is 14.8 Å². The molecule has 1 aromatic heterocycles. The molecule has 7 heteroatoms. The number of aryl methyl sites for hydroxylation is 1. The fraction of sp³-hybridized carbons (Fsp3) is 0.348. The molecule has 0 unspecified atom stereocenters. The second kappa shape index (κ2) is 9.53. The molecule has 158 valence electrons. The first-order chi connectivity index (χ1) is 14.3. The molecule has 5 nitrogen and oxygen atoms in total. The van der Waals surface area contributed by atoms with E-state index in [-0.39, 0.29) is 22.9 Å². The fourth-order valence-corrected chi connectivity index (χ4v) is 4.03. The molecule has 30 heavy (non-hydrogen) atoms. The van der Waals surface area contributed by atoms with Gasteiger partial charge in [0.15, 0.2) is 16.8 Å². The van der Waals surface area contributed by atoms with Crippen LogP contribution in [-0.2, 0) is 6.42 Å². The number of Topliss-reactive ketones (excluding diaryl/α,β-unsaturated/α-hetero) is 1. The number of ketones is 1. The maximum Gasteiger partial charge on any atom is 0.196 e. The van der Waals surface area contributed by atoms with Crippen LogP contribution >= 0.6 is 11.8 Å². The molecule has 0 aliphatic rings. The quantitative estimate of drug-likeness (QED) is 0.441. The highest BCUT2D eigenvalue weighted by Gasteiger charge is 2.26. The number of benzene rings is 2. The zero-order valence-corrected chi connectivity index (χ0v) is 18.8. The predicted octanol–water partition coefficient (Wildman–Crippen LogP) is 3.54. The van der Waals surface area contributed by atoms with Crippen molar-refractivity contribution in [3.05, 3.63) is 71.3 Å². The van der Waals surface area contributed by atoms with Gasteiger partial charge in [-0.25, -0.2) is 4.39 Å². The molecule has 3 rings (SSSR count). The number of thioether (sulfide) groups is 1. The normalized spacial score (nSPS) is 13.4. The van der Waals surface area contributed by atoms with E-state index in [1.54, 1.807) is 12.1 Å². The van der Waals surface area contributed by atoms with Gasteiger partial charge in [-0.3, -0.25) is 9.36 Å². The minimum Gasteiger partial charge on any atom is -0.331 e. The summed E-state index contributed by atoms with van der Waals surface area (Å²) in [5, 5.41) is 9.07. The summed E-state index contributed by atoms with van der Waals surface area (Å²) in [5.41, 5.74) is 2.66. The Kier molecular flexibility index (Phi) is 7.05. The van der Waals surface area contributed by atoms with Crippen molar-refractivity contribution in [3.8, 4) is 5.69 Å². The first kappa shape index (κ1) is 22.2. The van der Waals surface area contributed by atoms with Gasteiger partial charge in [0.2, 0.25) is 0 Å². The Labute approximate surface area is 181 Å². The zero-order chi connectivity index (χ0) is 21.8. The van der Waals surface area contributed by atoms with E-state index in [1.807, 2.05) is 49.9 Å². The lowest BCUT2D eigenvalue weighted by Crippen LogP contribution is -3.05. The van der Waals surface area contributed by atoms with Crippen molar-refractivity contribution in [3.63, 3.8) is 0 Å². The van der Waals surface area contributed by atoms with Crippen LogP contribution in [-0.4, -0.2) is 39.9 Å². The third kappa shape index (κ3) is 4.79. The number of carbonyl (C=O) groups excluding carboxylic acids is 1. The summed E-state index contributed by atoms with van der Waals surface area (Å²) in [6.45, 7) is 6.04. The van der Waals surface area contributed by atoms with Crippen molar-refractivity contribution in [1.29, 1.82) is 0 Å². The Morgan fingerprint density at radius 1 is 1.07 bits per heavy atom. The largest absolute Gasteiger partial charge is 0.331 e. The lowest BCUT2D eigenvalue weighted by atomic mass is 10.1. The maximum atomic E-state index is 13.5. The van der Waals surface area contributed by atoms with E-state index >= 15 is 0 Å². The Balaban J connectivity index is 1.92. The Morgan fingerprint density at radius 2 is 1.70 bits per heavy atom. The minimum absolute atomic E-state index is 0.0455. The topological polar surface area (TPSA) is 52.2 Å². The minimum atomic E-state index is -0.337. The van der Waals surface area contributed by atoms with E-state index in [9.17, 15) is 9.18 Å². The van der Waals surface area contributed by atoms with Crippen LogP contribution in [0.2, 0.25) is 0 Å². The van der Waals surface area contributed by atoms with Crippen LogP contribution in [0.3, 0.4) is 0 Å². The number of rotatable bonds is 8. The molecule has 0 fully saturated rings. The standard InChI is InChI=1S/C23H27FN4OS/c1-6-17-7-9-18(10-8-17)21(29)16(3)30-23-26-25-22(15(2)27(4)5)28(23)20-13-11-19(24)12-14-20/h7-16H,6H2,1-5H3/p+1/t15-,16-/m1/s1. The van der Waals surface area contributed by atoms with Crippen molar-refractivity contribution in [2.24, 2.45) is 0 Å². The second-order valence-corrected chi connectivity index (χ2v) is 8.93. The molecule has 0 aliphatic heterocycles. The molecule has 1 N–H and O–H groups in total. The number of carbonyl (C=O) groups is 1. The molecule has 0 amide bonds. The molecule has 0 bridgehead atoms. The summed E-state index contributed by atoms with van der Waals surface area (Å²) in [7, 11) is 4.10. The van der Waals surface area contributed by atoms with Gasteiger partial charge in [-0.1, -0.05) is 43.0 Å². The van der Waals surface area contributed by atoms with Gasteiger partial charge in [0.25, 0.3) is 0 Å². The van der Waals surface area contributed by atoms with Gasteiger partial charge in [-0.15, -0.1) is 10.2 Å². The van der Waals surface area contributed by atoms with Gasteiger partial charge in [0.1, 0.15) is 11.9 Å². The number of hydrogen-bond donors (Lipinski definition) is 1.